The zero-order valence-corrected chi connectivity index (χ0v) is 18.8. The van der Waals surface area contributed by atoms with Gasteiger partial charge in [0.05, 0.1) is 17.4 Å². The van der Waals surface area contributed by atoms with E-state index in [0.29, 0.717) is 0 Å². The third-order valence-corrected chi connectivity index (χ3v) is 6.23. The molecule has 0 bridgehead atoms. The summed E-state index contributed by atoms with van der Waals surface area (Å²) >= 11 is 0. The first-order chi connectivity index (χ1) is 17.3. The number of aromatic nitrogens is 2. The Morgan fingerprint density at radius 1 is 0.600 bits per heavy atom. The highest BCUT2D eigenvalue weighted by Gasteiger charge is 2.25. The predicted octanol–water partition coefficient (Wildman–Crippen LogP) is 7.26. The van der Waals surface area contributed by atoms with E-state index in [1.54, 1.807) is 0 Å². The van der Waals surface area contributed by atoms with E-state index in [1.165, 1.54) is 0 Å². The number of fused-ring (bicyclic) bond motifs is 4. The first-order valence-electron chi connectivity index (χ1n) is 11.6. The number of anilines is 4. The largest absolute Gasteiger partial charge is 0.453 e. The van der Waals surface area contributed by atoms with Crippen LogP contribution in [-0.4, -0.2) is 4.98 Å². The topological polar surface area (TPSA) is 50.1 Å². The van der Waals surface area contributed by atoms with Crippen molar-refractivity contribution < 1.29 is 9.30 Å². The number of benzene rings is 5. The summed E-state index contributed by atoms with van der Waals surface area (Å²) in [6.45, 7) is 0. The molecule has 0 saturated heterocycles. The molecule has 0 saturated carbocycles. The molecular formula is C30H21N4O+. The molecule has 0 aliphatic carbocycles. The highest BCUT2D eigenvalue weighted by atomic mass is 16.5. The lowest BCUT2D eigenvalue weighted by Crippen LogP contribution is -2.33. The molecule has 5 heteroatoms. The van der Waals surface area contributed by atoms with Crippen LogP contribution in [-0.2, 0) is 0 Å². The zero-order chi connectivity index (χ0) is 23.2. The van der Waals surface area contributed by atoms with Crippen molar-refractivity contribution in [2.24, 2.45) is 0 Å². The van der Waals surface area contributed by atoms with Crippen LogP contribution >= 0.6 is 0 Å². The normalized spacial score (nSPS) is 11.9. The summed E-state index contributed by atoms with van der Waals surface area (Å²) in [6.07, 6.45) is 0. The van der Waals surface area contributed by atoms with Crippen LogP contribution in [0.15, 0.2) is 115 Å². The number of para-hydroxylation sites is 4. The number of ether oxygens (including phenoxy) is 1. The quantitative estimate of drug-likeness (QED) is 0.218. The van der Waals surface area contributed by atoms with E-state index >= 15 is 0 Å². The third kappa shape index (κ3) is 3.42. The van der Waals surface area contributed by atoms with Crippen molar-refractivity contribution in [2.75, 3.05) is 10.6 Å². The lowest BCUT2D eigenvalue weighted by molar-refractivity contribution is -0.538. The molecule has 1 aliphatic heterocycles. The molecule has 0 radical (unpaired) electrons. The van der Waals surface area contributed by atoms with Crippen LogP contribution in [0.4, 0.5) is 22.7 Å². The standard InChI is InChI=1S/C30H20N4O/c1-3-9-20(10-4-1)31-21-15-16-23-27(17-21)34(22-11-5-2-6-12-22)28-19-30-26(18-25(28)32-23)33-24-13-7-8-14-29(24)35-30/h1-19,33H/p+1. The summed E-state index contributed by atoms with van der Waals surface area (Å²) in [5, 5.41) is 7.00. The van der Waals surface area contributed by atoms with Gasteiger partial charge < -0.3 is 15.4 Å². The third-order valence-electron chi connectivity index (χ3n) is 6.23. The van der Waals surface area contributed by atoms with Crippen molar-refractivity contribution in [1.29, 1.82) is 0 Å². The van der Waals surface area contributed by atoms with E-state index in [1.807, 2.05) is 48.5 Å². The van der Waals surface area contributed by atoms with Crippen LogP contribution in [0.1, 0.15) is 0 Å². The highest BCUT2D eigenvalue weighted by molar-refractivity contribution is 5.90. The molecule has 35 heavy (non-hydrogen) atoms. The predicted molar refractivity (Wildman–Crippen MR) is 140 cm³/mol. The van der Waals surface area contributed by atoms with E-state index in [4.69, 9.17) is 9.72 Å². The molecule has 5 nitrogen and oxygen atoms in total. The van der Waals surface area contributed by atoms with Crippen LogP contribution in [0.25, 0.3) is 27.8 Å². The van der Waals surface area contributed by atoms with Gasteiger partial charge in [0, 0.05) is 29.6 Å². The summed E-state index contributed by atoms with van der Waals surface area (Å²) in [5.41, 5.74) is 8.74. The molecule has 7 rings (SSSR count). The van der Waals surface area contributed by atoms with Crippen LogP contribution in [0.2, 0.25) is 0 Å². The fourth-order valence-electron chi connectivity index (χ4n) is 4.61. The maximum absolute atomic E-state index is 6.28. The van der Waals surface area contributed by atoms with Crippen LogP contribution in [0, 0.1) is 0 Å². The van der Waals surface area contributed by atoms with Gasteiger partial charge in [-0.2, -0.15) is 0 Å². The van der Waals surface area contributed by atoms with E-state index in [0.717, 1.165) is 62.0 Å². The van der Waals surface area contributed by atoms with Gasteiger partial charge in [-0.1, -0.05) is 48.5 Å². The van der Waals surface area contributed by atoms with Crippen LogP contribution in [0.3, 0.4) is 0 Å². The molecule has 2 heterocycles. The molecule has 2 N–H and O–H groups in total. The Bertz CT molecular complexity index is 1720. The summed E-state index contributed by atoms with van der Waals surface area (Å²) in [5.74, 6) is 1.59. The minimum atomic E-state index is 0.778. The lowest BCUT2D eigenvalue weighted by Gasteiger charge is -2.21. The van der Waals surface area contributed by atoms with Gasteiger partial charge in [-0.3, -0.25) is 0 Å². The van der Waals surface area contributed by atoms with Crippen LogP contribution < -0.4 is 19.9 Å². The second-order valence-corrected chi connectivity index (χ2v) is 8.54. The molecule has 0 amide bonds. The maximum Gasteiger partial charge on any atom is 0.241 e. The van der Waals surface area contributed by atoms with Crippen molar-refractivity contribution in [3.05, 3.63) is 115 Å². The van der Waals surface area contributed by atoms with Gasteiger partial charge in [-0.05, 0) is 42.5 Å². The number of rotatable bonds is 3. The first kappa shape index (κ1) is 19.6. The molecule has 166 valence electrons. The fraction of sp³-hybridized carbons (Fsp3) is 0. The average molecular weight is 454 g/mol. The van der Waals surface area contributed by atoms with E-state index in [2.05, 4.69) is 81.9 Å². The minimum absolute atomic E-state index is 0.778. The average Bonchev–Trinajstić information content (AvgIpc) is 2.90. The van der Waals surface area contributed by atoms with Crippen molar-refractivity contribution in [1.82, 2.24) is 4.98 Å². The van der Waals surface area contributed by atoms with Gasteiger partial charge in [-0.15, -0.1) is 4.57 Å². The molecule has 0 fully saturated rings. The Kier molecular flexibility index (Phi) is 4.39. The zero-order valence-electron chi connectivity index (χ0n) is 18.8. The molecule has 1 aliphatic rings. The van der Waals surface area contributed by atoms with Gasteiger partial charge in [0.2, 0.25) is 16.7 Å². The Balaban J connectivity index is 1.46. The van der Waals surface area contributed by atoms with Crippen LogP contribution in [0.5, 0.6) is 11.5 Å². The number of nitrogens with one attached hydrogen (secondary N) is 2. The Hall–Kier alpha value is -4.90. The summed E-state index contributed by atoms with van der Waals surface area (Å²) in [7, 11) is 0. The first-order valence-corrected chi connectivity index (χ1v) is 11.6. The molecule has 1 aromatic heterocycles. The van der Waals surface area contributed by atoms with Gasteiger partial charge in [0.15, 0.2) is 11.5 Å². The molecular weight excluding hydrogens is 432 g/mol. The maximum atomic E-state index is 6.28. The molecule has 0 spiro atoms. The van der Waals surface area contributed by atoms with Crippen molar-refractivity contribution in [3.63, 3.8) is 0 Å². The summed E-state index contributed by atoms with van der Waals surface area (Å²) < 4.78 is 8.52. The summed E-state index contributed by atoms with van der Waals surface area (Å²) in [6, 6.07) is 38.9. The van der Waals surface area contributed by atoms with E-state index in [-0.39, 0.29) is 0 Å². The van der Waals surface area contributed by atoms with Crippen molar-refractivity contribution in [3.8, 4) is 17.2 Å². The van der Waals surface area contributed by atoms with Crippen molar-refractivity contribution in [2.45, 2.75) is 0 Å². The summed E-state index contributed by atoms with van der Waals surface area (Å²) in [4.78, 5) is 5.03. The second kappa shape index (κ2) is 7.85. The van der Waals surface area contributed by atoms with E-state index < -0.39 is 0 Å². The van der Waals surface area contributed by atoms with Gasteiger partial charge in [0.1, 0.15) is 11.0 Å². The van der Waals surface area contributed by atoms with E-state index in [9.17, 15) is 0 Å². The molecule has 5 aromatic carbocycles. The Morgan fingerprint density at radius 2 is 1.34 bits per heavy atom. The van der Waals surface area contributed by atoms with Gasteiger partial charge in [-0.25, -0.2) is 4.98 Å². The van der Waals surface area contributed by atoms with Gasteiger partial charge in [0.25, 0.3) is 0 Å². The monoisotopic (exact) mass is 453 g/mol. The number of hydrogen-bond donors (Lipinski definition) is 2. The highest BCUT2D eigenvalue weighted by Crippen LogP contribution is 2.43. The molecule has 6 aromatic rings. The SMILES string of the molecule is c1ccc(Nc2ccc3nc4cc5c(cc4[n+](-c4ccccc4)c3c2)Oc2ccccc2N5)cc1. The lowest BCUT2D eigenvalue weighted by atomic mass is 10.1. The second-order valence-electron chi connectivity index (χ2n) is 8.54. The Morgan fingerprint density at radius 3 is 2.20 bits per heavy atom. The minimum Gasteiger partial charge on any atom is -0.453 e. The smallest absolute Gasteiger partial charge is 0.241 e. The molecule has 0 atom stereocenters. The Labute approximate surface area is 202 Å². The van der Waals surface area contributed by atoms with Gasteiger partial charge >= 0.3 is 0 Å². The number of nitrogens with zero attached hydrogens (tertiary/aromatic N) is 2. The number of hydrogen-bond acceptors (Lipinski definition) is 4. The van der Waals surface area contributed by atoms with Crippen molar-refractivity contribution >= 4 is 44.8 Å². The molecule has 0 unspecified atom stereocenters. The fourth-order valence-corrected chi connectivity index (χ4v) is 4.61.